The SMILES string of the molecule is CN(C)c1ccc(Cc2c(O)ccc3ccccc23)cc1. The third-order valence-electron chi connectivity index (χ3n) is 3.85. The van der Waals surface area contributed by atoms with Crippen LogP contribution in [0.15, 0.2) is 60.7 Å². The number of rotatable bonds is 3. The van der Waals surface area contributed by atoms with Crippen molar-refractivity contribution in [2.24, 2.45) is 0 Å². The van der Waals surface area contributed by atoms with Crippen molar-refractivity contribution in [1.29, 1.82) is 0 Å². The molecule has 0 aliphatic carbocycles. The summed E-state index contributed by atoms with van der Waals surface area (Å²) in [5.41, 5.74) is 3.37. The molecule has 0 aliphatic heterocycles. The van der Waals surface area contributed by atoms with Gasteiger partial charge in [-0.05, 0) is 34.5 Å². The number of aromatic hydroxyl groups is 1. The molecule has 0 bridgehead atoms. The smallest absolute Gasteiger partial charge is 0.119 e. The summed E-state index contributed by atoms with van der Waals surface area (Å²) in [4.78, 5) is 2.08. The Morgan fingerprint density at radius 2 is 1.57 bits per heavy atom. The van der Waals surface area contributed by atoms with Crippen molar-refractivity contribution < 1.29 is 5.11 Å². The number of fused-ring (bicyclic) bond motifs is 1. The van der Waals surface area contributed by atoms with Crippen molar-refractivity contribution in [2.45, 2.75) is 6.42 Å². The summed E-state index contributed by atoms with van der Waals surface area (Å²) < 4.78 is 0. The molecule has 0 aromatic heterocycles. The monoisotopic (exact) mass is 277 g/mol. The molecule has 3 aromatic rings. The summed E-state index contributed by atoms with van der Waals surface area (Å²) in [5, 5.41) is 12.5. The van der Waals surface area contributed by atoms with Crippen LogP contribution < -0.4 is 4.90 Å². The lowest BCUT2D eigenvalue weighted by atomic mass is 9.97. The van der Waals surface area contributed by atoms with Crippen LogP contribution in [0.4, 0.5) is 5.69 Å². The normalized spacial score (nSPS) is 10.8. The Morgan fingerprint density at radius 3 is 2.29 bits per heavy atom. The summed E-state index contributed by atoms with van der Waals surface area (Å²) in [5.74, 6) is 0.366. The van der Waals surface area contributed by atoms with Gasteiger partial charge in [-0.2, -0.15) is 0 Å². The summed E-state index contributed by atoms with van der Waals surface area (Å²) in [7, 11) is 4.07. The lowest BCUT2D eigenvalue weighted by Gasteiger charge is -2.13. The van der Waals surface area contributed by atoms with E-state index in [1.807, 2.05) is 32.3 Å². The largest absolute Gasteiger partial charge is 0.508 e. The first-order chi connectivity index (χ1) is 10.1. The Balaban J connectivity index is 1.99. The number of anilines is 1. The molecule has 2 heteroatoms. The third-order valence-corrected chi connectivity index (χ3v) is 3.85. The first-order valence-electron chi connectivity index (χ1n) is 7.11. The molecule has 0 unspecified atom stereocenters. The van der Waals surface area contributed by atoms with Crippen LogP contribution >= 0.6 is 0 Å². The lowest BCUT2D eigenvalue weighted by molar-refractivity contribution is 0.470. The van der Waals surface area contributed by atoms with E-state index >= 15 is 0 Å². The molecule has 21 heavy (non-hydrogen) atoms. The van der Waals surface area contributed by atoms with Gasteiger partial charge in [0.1, 0.15) is 5.75 Å². The van der Waals surface area contributed by atoms with Crippen LogP contribution in [-0.2, 0) is 6.42 Å². The maximum absolute atomic E-state index is 10.2. The highest BCUT2D eigenvalue weighted by atomic mass is 16.3. The molecule has 106 valence electrons. The molecule has 0 saturated heterocycles. The zero-order chi connectivity index (χ0) is 14.8. The number of hydrogen-bond donors (Lipinski definition) is 1. The van der Waals surface area contributed by atoms with Gasteiger partial charge in [-0.25, -0.2) is 0 Å². The quantitative estimate of drug-likeness (QED) is 0.775. The number of nitrogens with zero attached hydrogens (tertiary/aromatic N) is 1. The summed E-state index contributed by atoms with van der Waals surface area (Å²) in [6.45, 7) is 0. The summed E-state index contributed by atoms with van der Waals surface area (Å²) in [6.07, 6.45) is 0.737. The van der Waals surface area contributed by atoms with Crippen LogP contribution in [0.5, 0.6) is 5.75 Å². The van der Waals surface area contributed by atoms with Gasteiger partial charge < -0.3 is 10.0 Å². The average Bonchev–Trinajstić information content (AvgIpc) is 2.51. The summed E-state index contributed by atoms with van der Waals surface area (Å²) >= 11 is 0. The third kappa shape index (κ3) is 2.70. The van der Waals surface area contributed by atoms with Crippen molar-refractivity contribution in [3.8, 4) is 5.75 Å². The fourth-order valence-corrected chi connectivity index (χ4v) is 2.63. The maximum Gasteiger partial charge on any atom is 0.119 e. The molecule has 0 heterocycles. The highest BCUT2D eigenvalue weighted by molar-refractivity contribution is 5.88. The molecular weight excluding hydrogens is 258 g/mol. The lowest BCUT2D eigenvalue weighted by Crippen LogP contribution is -2.08. The highest BCUT2D eigenvalue weighted by Crippen LogP contribution is 2.29. The van der Waals surface area contributed by atoms with E-state index in [1.54, 1.807) is 6.07 Å². The van der Waals surface area contributed by atoms with Crippen LogP contribution in [0.2, 0.25) is 0 Å². The van der Waals surface area contributed by atoms with E-state index in [9.17, 15) is 5.11 Å². The van der Waals surface area contributed by atoms with Crippen molar-refractivity contribution in [2.75, 3.05) is 19.0 Å². The van der Waals surface area contributed by atoms with Gasteiger partial charge in [-0.15, -0.1) is 0 Å². The summed E-state index contributed by atoms with van der Waals surface area (Å²) in [6, 6.07) is 20.4. The molecule has 2 nitrogen and oxygen atoms in total. The Labute approximate surface area is 125 Å². The molecule has 1 N–H and O–H groups in total. The van der Waals surface area contributed by atoms with Gasteiger partial charge in [0, 0.05) is 31.8 Å². The van der Waals surface area contributed by atoms with Gasteiger partial charge in [0.25, 0.3) is 0 Å². The molecular formula is C19H19NO. The minimum absolute atomic E-state index is 0.366. The Kier molecular flexibility index (Phi) is 3.53. The standard InChI is InChI=1S/C19H19NO/c1-20(2)16-10-7-14(8-11-16)13-18-17-6-4-3-5-15(17)9-12-19(18)21/h3-12,21H,13H2,1-2H3. The van der Waals surface area contributed by atoms with Crippen LogP contribution in [0.25, 0.3) is 10.8 Å². The predicted molar refractivity (Wildman–Crippen MR) is 89.2 cm³/mol. The van der Waals surface area contributed by atoms with Crippen molar-refractivity contribution in [3.05, 3.63) is 71.8 Å². The molecule has 3 rings (SSSR count). The molecule has 0 amide bonds. The van der Waals surface area contributed by atoms with E-state index in [0.29, 0.717) is 5.75 Å². The minimum atomic E-state index is 0.366. The fraction of sp³-hybridized carbons (Fsp3) is 0.158. The number of phenols is 1. The molecule has 0 radical (unpaired) electrons. The zero-order valence-corrected chi connectivity index (χ0v) is 12.4. The Hall–Kier alpha value is -2.48. The van der Waals surface area contributed by atoms with E-state index < -0.39 is 0 Å². The van der Waals surface area contributed by atoms with Crippen LogP contribution in [-0.4, -0.2) is 19.2 Å². The van der Waals surface area contributed by atoms with Gasteiger partial charge in [-0.1, -0.05) is 42.5 Å². The Bertz CT molecular complexity index is 760. The predicted octanol–water partition coefficient (Wildman–Crippen LogP) is 4.20. The van der Waals surface area contributed by atoms with Crippen molar-refractivity contribution in [3.63, 3.8) is 0 Å². The zero-order valence-electron chi connectivity index (χ0n) is 12.4. The van der Waals surface area contributed by atoms with E-state index in [1.165, 1.54) is 11.3 Å². The molecule has 0 aliphatic rings. The fourth-order valence-electron chi connectivity index (χ4n) is 2.63. The second kappa shape index (κ2) is 5.49. The molecule has 0 fully saturated rings. The number of benzene rings is 3. The van der Waals surface area contributed by atoms with Gasteiger partial charge in [0.05, 0.1) is 0 Å². The van der Waals surface area contributed by atoms with Gasteiger partial charge in [0.2, 0.25) is 0 Å². The van der Waals surface area contributed by atoms with Crippen molar-refractivity contribution >= 4 is 16.5 Å². The second-order valence-electron chi connectivity index (χ2n) is 5.52. The van der Waals surface area contributed by atoms with E-state index in [0.717, 1.165) is 22.8 Å². The Morgan fingerprint density at radius 1 is 0.857 bits per heavy atom. The van der Waals surface area contributed by atoms with Gasteiger partial charge in [-0.3, -0.25) is 0 Å². The molecule has 3 aromatic carbocycles. The van der Waals surface area contributed by atoms with E-state index in [-0.39, 0.29) is 0 Å². The van der Waals surface area contributed by atoms with Crippen molar-refractivity contribution in [1.82, 2.24) is 0 Å². The first kappa shape index (κ1) is 13.5. The van der Waals surface area contributed by atoms with E-state index in [2.05, 4.69) is 41.3 Å². The highest BCUT2D eigenvalue weighted by Gasteiger charge is 2.08. The topological polar surface area (TPSA) is 23.5 Å². The molecule has 0 atom stereocenters. The number of phenolic OH excluding ortho intramolecular Hbond substituents is 1. The van der Waals surface area contributed by atoms with E-state index in [4.69, 9.17) is 0 Å². The van der Waals surface area contributed by atoms with Gasteiger partial charge >= 0.3 is 0 Å². The van der Waals surface area contributed by atoms with Gasteiger partial charge in [0.15, 0.2) is 0 Å². The van der Waals surface area contributed by atoms with Crippen LogP contribution in [0, 0.1) is 0 Å². The molecule has 0 saturated carbocycles. The molecule has 0 spiro atoms. The average molecular weight is 277 g/mol. The number of hydrogen-bond acceptors (Lipinski definition) is 2. The minimum Gasteiger partial charge on any atom is -0.508 e. The second-order valence-corrected chi connectivity index (χ2v) is 5.52. The first-order valence-corrected chi connectivity index (χ1v) is 7.11. The van der Waals surface area contributed by atoms with Crippen LogP contribution in [0.1, 0.15) is 11.1 Å². The van der Waals surface area contributed by atoms with Crippen LogP contribution in [0.3, 0.4) is 0 Å². The maximum atomic E-state index is 10.2.